The highest BCUT2D eigenvalue weighted by molar-refractivity contribution is 5.78. The van der Waals surface area contributed by atoms with E-state index in [2.05, 4.69) is 0 Å². The summed E-state index contributed by atoms with van der Waals surface area (Å²) in [4.78, 5) is 13.5. The lowest BCUT2D eigenvalue weighted by molar-refractivity contribution is -0.134. The third-order valence-corrected chi connectivity index (χ3v) is 2.59. The molecule has 1 N–H and O–H groups in total. The smallest absolute Gasteiger partial charge is 0.225 e. The molecular formula is C11H23NO2. The second-order valence-corrected chi connectivity index (χ2v) is 3.91. The van der Waals surface area contributed by atoms with E-state index in [0.29, 0.717) is 13.0 Å². The second kappa shape index (κ2) is 6.82. The minimum atomic E-state index is -0.327. The number of carbonyl (C=O) groups is 1. The lowest BCUT2D eigenvalue weighted by Gasteiger charge is -2.22. The van der Waals surface area contributed by atoms with Gasteiger partial charge >= 0.3 is 0 Å². The maximum Gasteiger partial charge on any atom is 0.225 e. The molecule has 1 amide bonds. The Balaban J connectivity index is 3.97. The molecule has 0 radical (unpaired) electrons. The summed E-state index contributed by atoms with van der Waals surface area (Å²) in [5, 5.41) is 9.10. The summed E-state index contributed by atoms with van der Waals surface area (Å²) in [6.07, 6.45) is 2.12. The number of aliphatic hydroxyl groups excluding tert-OH is 1. The summed E-state index contributed by atoms with van der Waals surface area (Å²) in [6.45, 7) is 6.46. The summed E-state index contributed by atoms with van der Waals surface area (Å²) in [7, 11) is 1.81. The number of hydrogen-bond acceptors (Lipinski definition) is 2. The van der Waals surface area contributed by atoms with Crippen molar-refractivity contribution in [1.29, 1.82) is 0 Å². The number of nitrogens with zero attached hydrogens (tertiary/aromatic N) is 1. The van der Waals surface area contributed by atoms with Crippen molar-refractivity contribution in [3.63, 3.8) is 0 Å². The quantitative estimate of drug-likeness (QED) is 0.710. The highest BCUT2D eigenvalue weighted by Crippen LogP contribution is 2.11. The molecule has 0 spiro atoms. The zero-order valence-electron chi connectivity index (χ0n) is 9.79. The van der Waals surface area contributed by atoms with Crippen molar-refractivity contribution in [1.82, 2.24) is 4.90 Å². The molecule has 0 aromatic heterocycles. The number of aliphatic hydroxyl groups is 1. The summed E-state index contributed by atoms with van der Waals surface area (Å²) >= 11 is 0. The summed E-state index contributed by atoms with van der Waals surface area (Å²) < 4.78 is 0. The van der Waals surface area contributed by atoms with Crippen LogP contribution < -0.4 is 0 Å². The molecule has 0 aliphatic rings. The Morgan fingerprint density at radius 1 is 1.36 bits per heavy atom. The summed E-state index contributed by atoms with van der Waals surface area (Å²) in [5.74, 6) is 0.352. The van der Waals surface area contributed by atoms with Gasteiger partial charge < -0.3 is 10.0 Å². The third-order valence-electron chi connectivity index (χ3n) is 2.59. The van der Waals surface area contributed by atoms with Gasteiger partial charge in [-0.15, -0.1) is 0 Å². The van der Waals surface area contributed by atoms with Crippen LogP contribution in [0.5, 0.6) is 0 Å². The van der Waals surface area contributed by atoms with Crippen LogP contribution in [0.1, 0.15) is 40.0 Å². The first kappa shape index (κ1) is 13.4. The second-order valence-electron chi connectivity index (χ2n) is 3.91. The molecule has 0 heterocycles. The van der Waals surface area contributed by atoms with Crippen LogP contribution in [-0.4, -0.2) is 35.6 Å². The Morgan fingerprint density at radius 2 is 1.86 bits per heavy atom. The van der Waals surface area contributed by atoms with Gasteiger partial charge in [-0.3, -0.25) is 4.79 Å². The van der Waals surface area contributed by atoms with E-state index in [0.717, 1.165) is 12.8 Å². The highest BCUT2D eigenvalue weighted by Gasteiger charge is 2.18. The first-order chi connectivity index (χ1) is 6.52. The Labute approximate surface area is 87.1 Å². The minimum Gasteiger partial charge on any atom is -0.393 e. The van der Waals surface area contributed by atoms with E-state index in [-0.39, 0.29) is 17.9 Å². The average molecular weight is 201 g/mol. The van der Waals surface area contributed by atoms with E-state index in [9.17, 15) is 4.79 Å². The van der Waals surface area contributed by atoms with Crippen LogP contribution in [0, 0.1) is 5.92 Å². The number of rotatable bonds is 6. The largest absolute Gasteiger partial charge is 0.393 e. The molecule has 0 bridgehead atoms. The molecule has 0 saturated heterocycles. The van der Waals surface area contributed by atoms with E-state index >= 15 is 0 Å². The molecule has 1 unspecified atom stereocenters. The van der Waals surface area contributed by atoms with Gasteiger partial charge in [0.1, 0.15) is 0 Å². The lowest BCUT2D eigenvalue weighted by Crippen LogP contribution is -2.34. The van der Waals surface area contributed by atoms with E-state index < -0.39 is 0 Å². The van der Waals surface area contributed by atoms with Gasteiger partial charge in [0.2, 0.25) is 5.91 Å². The zero-order valence-corrected chi connectivity index (χ0v) is 9.79. The molecule has 84 valence electrons. The van der Waals surface area contributed by atoms with Gasteiger partial charge in [0, 0.05) is 19.5 Å². The molecule has 1 atom stereocenters. The van der Waals surface area contributed by atoms with Gasteiger partial charge in [0.25, 0.3) is 0 Å². The Kier molecular flexibility index (Phi) is 6.54. The van der Waals surface area contributed by atoms with E-state index in [1.807, 2.05) is 20.9 Å². The number of hydrogen-bond donors (Lipinski definition) is 1. The summed E-state index contributed by atoms with van der Waals surface area (Å²) in [5.41, 5.74) is 0. The number of carbonyl (C=O) groups excluding carboxylic acids is 1. The van der Waals surface area contributed by atoms with Crippen molar-refractivity contribution in [3.8, 4) is 0 Å². The molecule has 0 fully saturated rings. The monoisotopic (exact) mass is 201 g/mol. The van der Waals surface area contributed by atoms with Crippen molar-refractivity contribution in [2.45, 2.75) is 46.1 Å². The van der Waals surface area contributed by atoms with Crippen molar-refractivity contribution >= 4 is 5.91 Å². The van der Waals surface area contributed by atoms with E-state index in [1.165, 1.54) is 0 Å². The van der Waals surface area contributed by atoms with Crippen molar-refractivity contribution in [2.75, 3.05) is 13.6 Å². The Hall–Kier alpha value is -0.570. The molecule has 3 heteroatoms. The van der Waals surface area contributed by atoms with E-state index in [4.69, 9.17) is 5.11 Å². The molecular weight excluding hydrogens is 178 g/mol. The van der Waals surface area contributed by atoms with Gasteiger partial charge in [0.05, 0.1) is 6.10 Å². The first-order valence-corrected chi connectivity index (χ1v) is 5.45. The predicted octanol–water partition coefficient (Wildman–Crippen LogP) is 1.65. The molecule has 0 aliphatic carbocycles. The molecule has 3 nitrogen and oxygen atoms in total. The average Bonchev–Trinajstić information content (AvgIpc) is 2.15. The molecule has 0 aromatic rings. The fraction of sp³-hybridized carbons (Fsp3) is 0.909. The number of amides is 1. The van der Waals surface area contributed by atoms with Crippen molar-refractivity contribution in [3.05, 3.63) is 0 Å². The lowest BCUT2D eigenvalue weighted by atomic mass is 10.0. The fourth-order valence-electron chi connectivity index (χ4n) is 1.44. The topological polar surface area (TPSA) is 40.5 Å². The van der Waals surface area contributed by atoms with Crippen LogP contribution in [0.3, 0.4) is 0 Å². The van der Waals surface area contributed by atoms with Crippen LogP contribution in [0.2, 0.25) is 0 Å². The minimum absolute atomic E-state index is 0.147. The SMILES string of the molecule is CCC(CC)C(=O)N(C)CCC(C)O. The molecule has 14 heavy (non-hydrogen) atoms. The van der Waals surface area contributed by atoms with Crippen LogP contribution in [0.4, 0.5) is 0 Å². The van der Waals surface area contributed by atoms with Crippen LogP contribution in [0.15, 0.2) is 0 Å². The van der Waals surface area contributed by atoms with Gasteiger partial charge in [-0.1, -0.05) is 13.8 Å². The maximum atomic E-state index is 11.8. The van der Waals surface area contributed by atoms with Gasteiger partial charge in [0.15, 0.2) is 0 Å². The third kappa shape index (κ3) is 4.61. The maximum absolute atomic E-state index is 11.8. The molecule has 0 aliphatic heterocycles. The Bertz CT molecular complexity index is 165. The molecule has 0 aromatic carbocycles. The van der Waals surface area contributed by atoms with E-state index in [1.54, 1.807) is 11.8 Å². The normalized spacial score (nSPS) is 13.0. The van der Waals surface area contributed by atoms with Gasteiger partial charge in [-0.05, 0) is 26.2 Å². The zero-order chi connectivity index (χ0) is 11.1. The Morgan fingerprint density at radius 3 is 2.21 bits per heavy atom. The summed E-state index contributed by atoms with van der Waals surface area (Å²) in [6, 6.07) is 0. The first-order valence-electron chi connectivity index (χ1n) is 5.45. The predicted molar refractivity (Wildman–Crippen MR) is 58.0 cm³/mol. The molecule has 0 rings (SSSR count). The van der Waals surface area contributed by atoms with Crippen molar-refractivity contribution < 1.29 is 9.90 Å². The van der Waals surface area contributed by atoms with Crippen LogP contribution in [-0.2, 0) is 4.79 Å². The van der Waals surface area contributed by atoms with Crippen molar-refractivity contribution in [2.24, 2.45) is 5.92 Å². The molecule has 0 saturated carbocycles. The highest BCUT2D eigenvalue weighted by atomic mass is 16.3. The van der Waals surface area contributed by atoms with Gasteiger partial charge in [-0.2, -0.15) is 0 Å². The fourth-order valence-corrected chi connectivity index (χ4v) is 1.44. The van der Waals surface area contributed by atoms with Crippen LogP contribution >= 0.6 is 0 Å². The standard InChI is InChI=1S/C11H23NO2/c1-5-10(6-2)11(14)12(4)8-7-9(3)13/h9-10,13H,5-8H2,1-4H3. The van der Waals surface area contributed by atoms with Gasteiger partial charge in [-0.25, -0.2) is 0 Å². The van der Waals surface area contributed by atoms with Crippen LogP contribution in [0.25, 0.3) is 0 Å².